The van der Waals surface area contributed by atoms with E-state index in [1.807, 2.05) is 5.57 Å². The van der Waals surface area contributed by atoms with Crippen molar-refractivity contribution in [1.82, 2.24) is 0 Å². The van der Waals surface area contributed by atoms with E-state index in [1.54, 1.807) is 0 Å². The SMILES string of the molecule is CC(C)CCC[C@H](C)[C@H]1CC[C@H]2[C@@H]3CC=C4C[C@H]([S+](C)C)CC[C@]4(C)[C@H]3CC[C@]12C. The summed E-state index contributed by atoms with van der Waals surface area (Å²) in [4.78, 5) is 0. The zero-order chi connectivity index (χ0) is 21.7. The number of fused-ring (bicyclic) bond motifs is 5. The lowest BCUT2D eigenvalue weighted by molar-refractivity contribution is -0.0497. The molecule has 1 heteroatoms. The second kappa shape index (κ2) is 8.79. The fourth-order valence-electron chi connectivity index (χ4n) is 9.05. The molecule has 3 saturated carbocycles. The molecule has 0 bridgehead atoms. The van der Waals surface area contributed by atoms with Crippen LogP contribution >= 0.6 is 0 Å². The lowest BCUT2D eigenvalue weighted by atomic mass is 9.47. The Morgan fingerprint density at radius 3 is 2.43 bits per heavy atom. The Labute approximate surface area is 191 Å². The van der Waals surface area contributed by atoms with E-state index in [9.17, 15) is 0 Å². The highest BCUT2D eigenvalue weighted by Gasteiger charge is 2.59. The number of hydrogen-bond donors (Lipinski definition) is 0. The average molecular weight is 432 g/mol. The first-order chi connectivity index (χ1) is 14.2. The molecule has 0 aromatic heterocycles. The summed E-state index contributed by atoms with van der Waals surface area (Å²) in [6, 6.07) is 0. The van der Waals surface area contributed by atoms with Crippen molar-refractivity contribution >= 4 is 10.9 Å². The van der Waals surface area contributed by atoms with Crippen molar-refractivity contribution in [3.8, 4) is 0 Å². The highest BCUT2D eigenvalue weighted by Crippen LogP contribution is 2.67. The molecular formula is C29H51S+. The lowest BCUT2D eigenvalue weighted by Crippen LogP contribution is -2.51. The maximum atomic E-state index is 2.78. The van der Waals surface area contributed by atoms with Crippen LogP contribution in [-0.4, -0.2) is 17.8 Å². The molecule has 0 heterocycles. The van der Waals surface area contributed by atoms with E-state index in [1.165, 1.54) is 70.6 Å². The maximum Gasteiger partial charge on any atom is 0.121 e. The fourth-order valence-corrected chi connectivity index (χ4v) is 10.2. The molecule has 0 aliphatic heterocycles. The van der Waals surface area contributed by atoms with Gasteiger partial charge < -0.3 is 0 Å². The third-order valence-electron chi connectivity index (χ3n) is 10.9. The molecule has 3 fully saturated rings. The predicted octanol–water partition coefficient (Wildman–Crippen LogP) is 8.27. The van der Waals surface area contributed by atoms with Crippen molar-refractivity contribution in [2.45, 2.75) is 110 Å². The fraction of sp³-hybridized carbons (Fsp3) is 0.931. The van der Waals surface area contributed by atoms with Gasteiger partial charge in [0.15, 0.2) is 0 Å². The van der Waals surface area contributed by atoms with E-state index in [4.69, 9.17) is 0 Å². The Morgan fingerprint density at radius 2 is 1.73 bits per heavy atom. The maximum absolute atomic E-state index is 2.78. The summed E-state index contributed by atoms with van der Waals surface area (Å²) in [5.41, 5.74) is 3.07. The van der Waals surface area contributed by atoms with Gasteiger partial charge in [-0.25, -0.2) is 0 Å². The van der Waals surface area contributed by atoms with Crippen LogP contribution in [-0.2, 0) is 10.9 Å². The van der Waals surface area contributed by atoms with Crippen LogP contribution in [0.1, 0.15) is 105 Å². The molecule has 8 atom stereocenters. The normalized spacial score (nSPS) is 44.4. The van der Waals surface area contributed by atoms with Crippen LogP contribution in [0, 0.1) is 46.3 Å². The minimum absolute atomic E-state index is 0.543. The number of rotatable bonds is 6. The summed E-state index contributed by atoms with van der Waals surface area (Å²) < 4.78 is 0. The second-order valence-corrected chi connectivity index (χ2v) is 15.5. The molecule has 0 spiro atoms. The zero-order valence-corrected chi connectivity index (χ0v) is 22.1. The highest BCUT2D eigenvalue weighted by atomic mass is 32.2. The molecule has 0 aromatic carbocycles. The molecule has 4 aliphatic rings. The van der Waals surface area contributed by atoms with E-state index in [2.05, 4.69) is 53.2 Å². The van der Waals surface area contributed by atoms with Gasteiger partial charge in [0.1, 0.15) is 5.25 Å². The van der Waals surface area contributed by atoms with Crippen molar-refractivity contribution in [2.75, 3.05) is 12.5 Å². The van der Waals surface area contributed by atoms with Gasteiger partial charge in [-0.3, -0.25) is 0 Å². The largest absolute Gasteiger partial charge is 0.121 e. The van der Waals surface area contributed by atoms with Crippen molar-refractivity contribution in [3.63, 3.8) is 0 Å². The van der Waals surface area contributed by atoms with Crippen LogP contribution in [0.2, 0.25) is 0 Å². The molecule has 0 saturated heterocycles. The monoisotopic (exact) mass is 431 g/mol. The molecule has 0 amide bonds. The van der Waals surface area contributed by atoms with Crippen molar-refractivity contribution in [1.29, 1.82) is 0 Å². The molecule has 0 radical (unpaired) electrons. The van der Waals surface area contributed by atoms with Gasteiger partial charge >= 0.3 is 0 Å². The first-order valence-electron chi connectivity index (χ1n) is 13.4. The van der Waals surface area contributed by atoms with Gasteiger partial charge in [0.05, 0.1) is 12.5 Å². The van der Waals surface area contributed by atoms with E-state index in [0.29, 0.717) is 21.7 Å². The lowest BCUT2D eigenvalue weighted by Gasteiger charge is -2.58. The number of hydrogen-bond acceptors (Lipinski definition) is 0. The summed E-state index contributed by atoms with van der Waals surface area (Å²) in [5.74, 6) is 5.78. The molecule has 0 nitrogen and oxygen atoms in total. The van der Waals surface area contributed by atoms with E-state index in [-0.39, 0.29) is 0 Å². The molecular weight excluding hydrogens is 380 g/mol. The standard InChI is InChI=1S/C29H51S/c1-20(2)9-8-10-21(3)25-13-14-26-24-12-11-22-19-23(30(6)7)15-17-28(22,4)27(24)16-18-29(25,26)5/h11,20-21,23-27H,8-10,12-19H2,1-7H3/q+1/t21-,23+,24-,25+,26-,27-,28-,29+/m0/s1. The Balaban J connectivity index is 1.48. The van der Waals surface area contributed by atoms with Crippen LogP contribution in [0.4, 0.5) is 0 Å². The van der Waals surface area contributed by atoms with E-state index in [0.717, 1.165) is 40.8 Å². The number of allylic oxidation sites excluding steroid dienone is 2. The Morgan fingerprint density at radius 1 is 0.967 bits per heavy atom. The first-order valence-corrected chi connectivity index (χ1v) is 15.5. The van der Waals surface area contributed by atoms with Gasteiger partial charge in [0.25, 0.3) is 0 Å². The molecule has 30 heavy (non-hydrogen) atoms. The van der Waals surface area contributed by atoms with Crippen LogP contribution in [0.15, 0.2) is 11.6 Å². The van der Waals surface area contributed by atoms with Gasteiger partial charge in [0.2, 0.25) is 0 Å². The van der Waals surface area contributed by atoms with Gasteiger partial charge in [-0.05, 0) is 102 Å². The van der Waals surface area contributed by atoms with Gasteiger partial charge in [-0.1, -0.05) is 65.5 Å². The van der Waals surface area contributed by atoms with Crippen molar-refractivity contribution < 1.29 is 0 Å². The summed E-state index contributed by atoms with van der Waals surface area (Å²) in [5, 5.41) is 0.970. The Hall–Kier alpha value is 0.0900. The van der Waals surface area contributed by atoms with Crippen molar-refractivity contribution in [2.24, 2.45) is 46.3 Å². The Kier molecular flexibility index (Phi) is 6.82. The van der Waals surface area contributed by atoms with Crippen LogP contribution in [0.25, 0.3) is 0 Å². The van der Waals surface area contributed by atoms with Gasteiger partial charge in [0, 0.05) is 6.42 Å². The quantitative estimate of drug-likeness (QED) is 0.293. The van der Waals surface area contributed by atoms with Crippen LogP contribution in [0.5, 0.6) is 0 Å². The van der Waals surface area contributed by atoms with Crippen molar-refractivity contribution in [3.05, 3.63) is 11.6 Å². The summed E-state index contributed by atoms with van der Waals surface area (Å²) in [7, 11) is 0.587. The molecule has 4 aliphatic carbocycles. The highest BCUT2D eigenvalue weighted by molar-refractivity contribution is 7.96. The topological polar surface area (TPSA) is 0 Å². The molecule has 0 unspecified atom stereocenters. The van der Waals surface area contributed by atoms with Gasteiger partial charge in [-0.15, -0.1) is 0 Å². The third-order valence-corrected chi connectivity index (χ3v) is 12.7. The summed E-state index contributed by atoms with van der Waals surface area (Å²) >= 11 is 0. The summed E-state index contributed by atoms with van der Waals surface area (Å²) in [6.45, 7) is 12.8. The molecule has 0 N–H and O–H groups in total. The van der Waals surface area contributed by atoms with E-state index >= 15 is 0 Å². The predicted molar refractivity (Wildman–Crippen MR) is 136 cm³/mol. The first kappa shape index (κ1) is 23.3. The molecule has 4 rings (SSSR count). The van der Waals surface area contributed by atoms with Crippen LogP contribution in [0.3, 0.4) is 0 Å². The average Bonchev–Trinajstić information content (AvgIpc) is 3.04. The minimum Gasteiger partial charge on any atom is -0.0843 e. The smallest absolute Gasteiger partial charge is 0.0843 e. The molecule has 172 valence electrons. The molecule has 0 aromatic rings. The Bertz CT molecular complexity index is 632. The zero-order valence-electron chi connectivity index (χ0n) is 21.3. The summed E-state index contributed by atoms with van der Waals surface area (Å²) in [6.07, 6.45) is 24.0. The third kappa shape index (κ3) is 3.97. The minimum atomic E-state index is 0.543. The van der Waals surface area contributed by atoms with Crippen LogP contribution < -0.4 is 0 Å². The van der Waals surface area contributed by atoms with Gasteiger partial charge in [-0.2, -0.15) is 0 Å². The second-order valence-electron chi connectivity index (χ2n) is 13.0. The van der Waals surface area contributed by atoms with E-state index < -0.39 is 0 Å².